The lowest BCUT2D eigenvalue weighted by Gasteiger charge is -2.18. The molecule has 0 aliphatic carbocycles. The summed E-state index contributed by atoms with van der Waals surface area (Å²) in [5.74, 6) is -7.83. The number of ether oxygens (including phenoxy) is 8. The minimum atomic E-state index is -1.30. The van der Waals surface area contributed by atoms with Crippen molar-refractivity contribution in [2.24, 2.45) is 17.8 Å². The number of carbonyl (C=O) groups excluding carboxylic acids is 1. The molecule has 3 unspecified atom stereocenters. The molecular weight excluding hydrogens is 564 g/mol. The van der Waals surface area contributed by atoms with Crippen LogP contribution in [0.5, 0.6) is 17.2 Å². The van der Waals surface area contributed by atoms with Crippen molar-refractivity contribution in [1.82, 2.24) is 0 Å². The van der Waals surface area contributed by atoms with Gasteiger partial charge in [0.1, 0.15) is 61.4 Å². The second-order valence-corrected chi connectivity index (χ2v) is 8.16. The average molecular weight is 599 g/mol. The Hall–Kier alpha value is -4.76. The molecule has 1 aromatic carbocycles. The average Bonchev–Trinajstić information content (AvgIpc) is 2.95. The van der Waals surface area contributed by atoms with E-state index in [1.807, 2.05) is 0 Å². The number of carboxylic acids is 3. The fourth-order valence-corrected chi connectivity index (χ4v) is 2.77. The van der Waals surface area contributed by atoms with Gasteiger partial charge in [-0.2, -0.15) is 0 Å². The Labute approximate surface area is 241 Å². The summed E-state index contributed by atoms with van der Waals surface area (Å²) in [7, 11) is 0. The second kappa shape index (κ2) is 20.2. The van der Waals surface area contributed by atoms with Gasteiger partial charge in [-0.15, -0.1) is 0 Å². The Morgan fingerprint density at radius 2 is 0.976 bits per heavy atom. The molecular formula is C27H34O15. The van der Waals surface area contributed by atoms with Gasteiger partial charge >= 0.3 is 23.9 Å². The molecule has 0 radical (unpaired) electrons. The van der Waals surface area contributed by atoms with E-state index < -0.39 is 54.8 Å². The molecule has 0 fully saturated rings. The molecule has 0 aliphatic heterocycles. The van der Waals surface area contributed by atoms with Crippen LogP contribution in [-0.2, 0) is 42.9 Å². The molecule has 42 heavy (non-hydrogen) atoms. The fraction of sp³-hybridized carbons (Fsp3) is 0.407. The summed E-state index contributed by atoms with van der Waals surface area (Å²) in [6.07, 6.45) is 3.15. The van der Waals surface area contributed by atoms with Gasteiger partial charge in [-0.25, -0.2) is 4.79 Å². The minimum absolute atomic E-state index is 0.0359. The molecule has 3 atom stereocenters. The third-order valence-corrected chi connectivity index (χ3v) is 5.02. The van der Waals surface area contributed by atoms with Crippen LogP contribution in [0.2, 0.25) is 0 Å². The van der Waals surface area contributed by atoms with Crippen LogP contribution in [-0.4, -0.2) is 92.4 Å². The molecule has 15 nitrogen and oxygen atoms in total. The van der Waals surface area contributed by atoms with E-state index in [0.29, 0.717) is 0 Å². The third kappa shape index (κ3) is 14.6. The molecule has 0 saturated carbocycles. The van der Waals surface area contributed by atoms with Gasteiger partial charge in [-0.05, 0) is 0 Å². The van der Waals surface area contributed by atoms with Crippen LogP contribution in [0, 0.1) is 17.8 Å². The quantitative estimate of drug-likeness (QED) is 0.0484. The minimum Gasteiger partial charge on any atom is -0.492 e. The molecule has 0 aliphatic rings. The first-order valence-corrected chi connectivity index (χ1v) is 12.2. The molecule has 232 valence electrons. The van der Waals surface area contributed by atoms with E-state index in [4.69, 9.17) is 37.9 Å². The van der Waals surface area contributed by atoms with Gasteiger partial charge in [0, 0.05) is 24.3 Å². The summed E-state index contributed by atoms with van der Waals surface area (Å²) in [5.41, 5.74) is 0. The van der Waals surface area contributed by atoms with Crippen LogP contribution < -0.4 is 14.2 Å². The smallest absolute Gasteiger partial charge is 0.330 e. The van der Waals surface area contributed by atoms with Crippen LogP contribution in [0.25, 0.3) is 0 Å². The van der Waals surface area contributed by atoms with Crippen molar-refractivity contribution < 1.29 is 72.4 Å². The van der Waals surface area contributed by atoms with E-state index in [-0.39, 0.29) is 57.3 Å². The van der Waals surface area contributed by atoms with Crippen molar-refractivity contribution in [3.63, 3.8) is 0 Å². The highest BCUT2D eigenvalue weighted by Gasteiger charge is 2.23. The summed E-state index contributed by atoms with van der Waals surface area (Å²) in [6.45, 7) is 7.37. The topological polar surface area (TPSA) is 203 Å². The van der Waals surface area contributed by atoms with Gasteiger partial charge in [0.05, 0.1) is 25.7 Å². The molecule has 1 rings (SSSR count). The van der Waals surface area contributed by atoms with Crippen LogP contribution in [0.3, 0.4) is 0 Å². The normalized spacial score (nSPS) is 12.5. The molecule has 0 heterocycles. The third-order valence-electron chi connectivity index (χ3n) is 5.02. The second-order valence-electron chi connectivity index (χ2n) is 8.16. The van der Waals surface area contributed by atoms with E-state index >= 15 is 0 Å². The summed E-state index contributed by atoms with van der Waals surface area (Å²) in [4.78, 5) is 46.1. The lowest BCUT2D eigenvalue weighted by Crippen LogP contribution is -2.28. The van der Waals surface area contributed by atoms with Gasteiger partial charge in [0.2, 0.25) is 0 Å². The first-order valence-electron chi connectivity index (χ1n) is 12.2. The van der Waals surface area contributed by atoms with E-state index in [1.54, 1.807) is 0 Å². The zero-order valence-electron chi connectivity index (χ0n) is 22.7. The lowest BCUT2D eigenvalue weighted by atomic mass is 10.2. The highest BCUT2D eigenvalue weighted by molar-refractivity contribution is 5.81. The van der Waals surface area contributed by atoms with Gasteiger partial charge < -0.3 is 53.2 Å². The molecule has 0 spiro atoms. The van der Waals surface area contributed by atoms with Crippen LogP contribution >= 0.6 is 0 Å². The first-order chi connectivity index (χ1) is 20.1. The molecule has 0 saturated heterocycles. The number of carbonyl (C=O) groups is 4. The number of benzene rings is 1. The monoisotopic (exact) mass is 598 g/mol. The predicted octanol–water partition coefficient (Wildman–Crippen LogP) is 1.92. The van der Waals surface area contributed by atoms with Gasteiger partial charge in [-0.1, -0.05) is 19.7 Å². The maximum absolute atomic E-state index is 11.6. The van der Waals surface area contributed by atoms with Crippen molar-refractivity contribution in [3.8, 4) is 17.2 Å². The highest BCUT2D eigenvalue weighted by Crippen LogP contribution is 2.29. The fourth-order valence-electron chi connectivity index (χ4n) is 2.77. The van der Waals surface area contributed by atoms with Gasteiger partial charge in [0.15, 0.2) is 13.6 Å². The molecule has 0 amide bonds. The van der Waals surface area contributed by atoms with E-state index in [1.165, 1.54) is 18.2 Å². The van der Waals surface area contributed by atoms with Crippen molar-refractivity contribution in [2.75, 3.05) is 53.2 Å². The van der Waals surface area contributed by atoms with E-state index in [9.17, 15) is 34.5 Å². The van der Waals surface area contributed by atoms with Crippen LogP contribution in [0.1, 0.15) is 0 Å². The number of esters is 1. The van der Waals surface area contributed by atoms with Crippen molar-refractivity contribution in [3.05, 3.63) is 56.5 Å². The number of aliphatic carboxylic acids is 3. The standard InChI is InChI=1S/C27H34O15/c1-4-24(28)42-15-20(27(33)34)14-41-23-8-21(39-12-18(25(29)30)10-37-16-35-5-2)7-22(9-23)40-13-19(26(31)32)11-38-17-36-6-3/h4-9,18-20H,1-3,10-17H2,(H,29,30)(H,31,32)(H,33,34). The Morgan fingerprint density at radius 1 is 0.619 bits per heavy atom. The van der Waals surface area contributed by atoms with Crippen molar-refractivity contribution in [2.45, 2.75) is 0 Å². The Balaban J connectivity index is 3.07. The number of hydrogen-bond donors (Lipinski definition) is 3. The Morgan fingerprint density at radius 3 is 1.29 bits per heavy atom. The van der Waals surface area contributed by atoms with Crippen molar-refractivity contribution in [1.29, 1.82) is 0 Å². The maximum Gasteiger partial charge on any atom is 0.330 e. The number of hydrogen-bond acceptors (Lipinski definition) is 12. The highest BCUT2D eigenvalue weighted by atomic mass is 16.7. The van der Waals surface area contributed by atoms with Gasteiger partial charge in [-0.3, -0.25) is 14.4 Å². The summed E-state index contributed by atoms with van der Waals surface area (Å²) < 4.78 is 41.4. The number of rotatable bonds is 25. The maximum atomic E-state index is 11.6. The lowest BCUT2D eigenvalue weighted by molar-refractivity contribution is -0.150. The zero-order valence-corrected chi connectivity index (χ0v) is 22.7. The largest absolute Gasteiger partial charge is 0.492 e. The molecule has 1 aromatic rings. The molecule has 3 N–H and O–H groups in total. The van der Waals surface area contributed by atoms with E-state index in [2.05, 4.69) is 19.7 Å². The number of carboxylic acid groups (broad SMARTS) is 3. The molecule has 0 aromatic heterocycles. The van der Waals surface area contributed by atoms with Crippen LogP contribution in [0.4, 0.5) is 0 Å². The molecule has 15 heteroatoms. The Kier molecular flexibility index (Phi) is 16.9. The predicted molar refractivity (Wildman–Crippen MR) is 142 cm³/mol. The van der Waals surface area contributed by atoms with Crippen molar-refractivity contribution >= 4 is 23.9 Å². The van der Waals surface area contributed by atoms with E-state index in [0.717, 1.165) is 18.6 Å². The van der Waals surface area contributed by atoms with Crippen LogP contribution in [0.15, 0.2) is 56.5 Å². The zero-order chi connectivity index (χ0) is 31.3. The summed E-state index contributed by atoms with van der Waals surface area (Å²) in [5, 5.41) is 28.4. The SMILES string of the molecule is C=COCOCC(COc1cc(OCC(COCOC=C)C(=O)O)cc(OCC(COC(=O)C=C)C(=O)O)c1)C(=O)O. The summed E-state index contributed by atoms with van der Waals surface area (Å²) in [6, 6.07) is 4.04. The summed E-state index contributed by atoms with van der Waals surface area (Å²) >= 11 is 0. The first kappa shape index (κ1) is 35.3. The molecule has 0 bridgehead atoms. The Bertz CT molecular complexity index is 998. The van der Waals surface area contributed by atoms with Gasteiger partial charge in [0.25, 0.3) is 0 Å².